The lowest BCUT2D eigenvalue weighted by atomic mass is 9.84. The standard InChI is InChI=1S/C14H17NO/c1-9-6-5-7-10-11(14(2,3)4)8-15-13(16)12(9)10/h5-8H,1-4H3,(H,15,16). The van der Waals surface area contributed by atoms with Crippen LogP contribution in [0.25, 0.3) is 10.8 Å². The lowest BCUT2D eigenvalue weighted by molar-refractivity contribution is 0.593. The van der Waals surface area contributed by atoms with E-state index in [1.807, 2.05) is 31.3 Å². The van der Waals surface area contributed by atoms with E-state index in [0.717, 1.165) is 16.3 Å². The predicted molar refractivity (Wildman–Crippen MR) is 68.0 cm³/mol. The van der Waals surface area contributed by atoms with Crippen LogP contribution in [0.1, 0.15) is 31.9 Å². The smallest absolute Gasteiger partial charge is 0.256 e. The van der Waals surface area contributed by atoms with E-state index in [0.29, 0.717) is 0 Å². The number of hydrogen-bond acceptors (Lipinski definition) is 1. The Morgan fingerprint density at radius 3 is 2.50 bits per heavy atom. The average Bonchev–Trinajstić information content (AvgIpc) is 2.16. The minimum Gasteiger partial charge on any atom is -0.328 e. The van der Waals surface area contributed by atoms with Gasteiger partial charge in [-0.3, -0.25) is 4.79 Å². The van der Waals surface area contributed by atoms with E-state index >= 15 is 0 Å². The third kappa shape index (κ3) is 1.64. The second kappa shape index (κ2) is 3.48. The molecule has 2 rings (SSSR count). The van der Waals surface area contributed by atoms with Crippen LogP contribution in [-0.4, -0.2) is 4.98 Å². The molecule has 0 aliphatic carbocycles. The molecule has 0 saturated heterocycles. The van der Waals surface area contributed by atoms with E-state index in [4.69, 9.17) is 0 Å². The first-order valence-electron chi connectivity index (χ1n) is 5.53. The molecule has 0 amide bonds. The lowest BCUT2D eigenvalue weighted by Crippen LogP contribution is -2.17. The predicted octanol–water partition coefficient (Wildman–Crippen LogP) is 3.13. The van der Waals surface area contributed by atoms with Crippen LogP contribution >= 0.6 is 0 Å². The van der Waals surface area contributed by atoms with Gasteiger partial charge in [-0.05, 0) is 28.9 Å². The molecule has 0 fully saturated rings. The molecule has 1 N–H and O–H groups in total. The molecule has 0 aliphatic rings. The maximum absolute atomic E-state index is 11.8. The first-order chi connectivity index (χ1) is 7.41. The molecule has 2 aromatic rings. The molecule has 1 aromatic heterocycles. The van der Waals surface area contributed by atoms with Crippen LogP contribution in [0.4, 0.5) is 0 Å². The van der Waals surface area contributed by atoms with Gasteiger partial charge in [-0.15, -0.1) is 0 Å². The van der Waals surface area contributed by atoms with Gasteiger partial charge in [0.15, 0.2) is 0 Å². The summed E-state index contributed by atoms with van der Waals surface area (Å²) < 4.78 is 0. The average molecular weight is 215 g/mol. The Hall–Kier alpha value is -1.57. The van der Waals surface area contributed by atoms with Gasteiger partial charge in [-0.2, -0.15) is 0 Å². The summed E-state index contributed by atoms with van der Waals surface area (Å²) in [6.45, 7) is 8.44. The Morgan fingerprint density at radius 2 is 1.88 bits per heavy atom. The summed E-state index contributed by atoms with van der Waals surface area (Å²) in [5.74, 6) is 0. The molecule has 1 aromatic carbocycles. The van der Waals surface area contributed by atoms with E-state index in [1.165, 1.54) is 5.56 Å². The van der Waals surface area contributed by atoms with Crippen LogP contribution in [-0.2, 0) is 5.41 Å². The Bertz CT molecular complexity index is 588. The number of benzene rings is 1. The fourth-order valence-corrected chi connectivity index (χ4v) is 2.10. The number of hydrogen-bond donors (Lipinski definition) is 1. The van der Waals surface area contributed by atoms with Crippen LogP contribution in [0.15, 0.2) is 29.2 Å². The molecule has 2 nitrogen and oxygen atoms in total. The topological polar surface area (TPSA) is 32.9 Å². The number of rotatable bonds is 0. The third-order valence-electron chi connectivity index (χ3n) is 2.95. The van der Waals surface area contributed by atoms with Gasteiger partial charge in [0.05, 0.1) is 5.39 Å². The van der Waals surface area contributed by atoms with Crippen molar-refractivity contribution in [2.45, 2.75) is 33.1 Å². The van der Waals surface area contributed by atoms with Gasteiger partial charge in [0, 0.05) is 6.20 Å². The van der Waals surface area contributed by atoms with E-state index in [1.54, 1.807) is 0 Å². The van der Waals surface area contributed by atoms with E-state index < -0.39 is 0 Å². The van der Waals surface area contributed by atoms with Crippen molar-refractivity contribution in [2.24, 2.45) is 0 Å². The van der Waals surface area contributed by atoms with Crippen LogP contribution < -0.4 is 5.56 Å². The molecule has 16 heavy (non-hydrogen) atoms. The van der Waals surface area contributed by atoms with Crippen LogP contribution in [0.5, 0.6) is 0 Å². The minimum absolute atomic E-state index is 0.00102. The van der Waals surface area contributed by atoms with Gasteiger partial charge in [-0.25, -0.2) is 0 Å². The van der Waals surface area contributed by atoms with Crippen LogP contribution in [0, 0.1) is 6.92 Å². The molecule has 84 valence electrons. The molecular formula is C14H17NO. The van der Waals surface area contributed by atoms with E-state index in [-0.39, 0.29) is 11.0 Å². The molecular weight excluding hydrogens is 198 g/mol. The zero-order valence-electron chi connectivity index (χ0n) is 10.2. The number of pyridine rings is 1. The fraction of sp³-hybridized carbons (Fsp3) is 0.357. The highest BCUT2D eigenvalue weighted by Gasteiger charge is 2.18. The van der Waals surface area contributed by atoms with Crippen molar-refractivity contribution in [3.63, 3.8) is 0 Å². The number of aromatic nitrogens is 1. The first-order valence-corrected chi connectivity index (χ1v) is 5.53. The van der Waals surface area contributed by atoms with Gasteiger partial charge in [0.25, 0.3) is 5.56 Å². The maximum Gasteiger partial charge on any atom is 0.256 e. The van der Waals surface area contributed by atoms with Gasteiger partial charge in [-0.1, -0.05) is 39.0 Å². The Morgan fingerprint density at radius 1 is 1.19 bits per heavy atom. The van der Waals surface area contributed by atoms with Crippen molar-refractivity contribution in [1.82, 2.24) is 4.98 Å². The van der Waals surface area contributed by atoms with Crippen molar-refractivity contribution in [3.8, 4) is 0 Å². The first kappa shape index (κ1) is 10.9. The summed E-state index contributed by atoms with van der Waals surface area (Å²) >= 11 is 0. The Kier molecular flexibility index (Phi) is 2.38. The summed E-state index contributed by atoms with van der Waals surface area (Å²) in [4.78, 5) is 14.7. The summed E-state index contributed by atoms with van der Waals surface area (Å²) in [5.41, 5.74) is 2.26. The van der Waals surface area contributed by atoms with Gasteiger partial charge in [0.1, 0.15) is 0 Å². The lowest BCUT2D eigenvalue weighted by Gasteiger charge is -2.21. The Labute approximate surface area is 95.3 Å². The zero-order chi connectivity index (χ0) is 11.9. The molecule has 0 radical (unpaired) electrons. The van der Waals surface area contributed by atoms with Crippen LogP contribution in [0.3, 0.4) is 0 Å². The molecule has 0 aliphatic heterocycles. The zero-order valence-corrected chi connectivity index (χ0v) is 10.2. The second-order valence-corrected chi connectivity index (χ2v) is 5.28. The van der Waals surface area contributed by atoms with Gasteiger partial charge in [0.2, 0.25) is 0 Å². The number of aromatic amines is 1. The highest BCUT2D eigenvalue weighted by molar-refractivity contribution is 5.88. The van der Waals surface area contributed by atoms with Crippen molar-refractivity contribution in [3.05, 3.63) is 45.9 Å². The molecule has 0 unspecified atom stereocenters. The molecule has 0 atom stereocenters. The molecule has 0 spiro atoms. The molecule has 0 bridgehead atoms. The second-order valence-electron chi connectivity index (χ2n) is 5.28. The number of nitrogens with one attached hydrogen (secondary N) is 1. The monoisotopic (exact) mass is 215 g/mol. The van der Waals surface area contributed by atoms with Gasteiger partial charge < -0.3 is 4.98 Å². The highest BCUT2D eigenvalue weighted by Crippen LogP contribution is 2.28. The molecule has 2 heteroatoms. The quantitative estimate of drug-likeness (QED) is 0.719. The molecule has 1 heterocycles. The minimum atomic E-state index is 0.00102. The fourth-order valence-electron chi connectivity index (χ4n) is 2.10. The van der Waals surface area contributed by atoms with Gasteiger partial charge >= 0.3 is 0 Å². The van der Waals surface area contributed by atoms with Crippen LogP contribution in [0.2, 0.25) is 0 Å². The van der Waals surface area contributed by atoms with E-state index in [9.17, 15) is 4.79 Å². The SMILES string of the molecule is Cc1cccc2c(C(C)(C)C)c[nH]c(=O)c12. The summed E-state index contributed by atoms with van der Waals surface area (Å²) in [6.07, 6.45) is 1.84. The van der Waals surface area contributed by atoms with E-state index in [2.05, 4.69) is 25.8 Å². The summed E-state index contributed by atoms with van der Waals surface area (Å²) in [7, 11) is 0. The number of aryl methyl sites for hydroxylation is 1. The molecule has 0 saturated carbocycles. The normalized spacial score (nSPS) is 12.0. The highest BCUT2D eigenvalue weighted by atomic mass is 16.1. The summed E-state index contributed by atoms with van der Waals surface area (Å²) in [6, 6.07) is 6.01. The third-order valence-corrected chi connectivity index (χ3v) is 2.95. The largest absolute Gasteiger partial charge is 0.328 e. The summed E-state index contributed by atoms with van der Waals surface area (Å²) in [5, 5.41) is 1.88. The Balaban J connectivity index is 2.96. The number of H-pyrrole nitrogens is 1. The van der Waals surface area contributed by atoms with Crippen molar-refractivity contribution in [2.75, 3.05) is 0 Å². The van der Waals surface area contributed by atoms with Crippen molar-refractivity contribution in [1.29, 1.82) is 0 Å². The van der Waals surface area contributed by atoms with Crippen molar-refractivity contribution < 1.29 is 0 Å². The van der Waals surface area contributed by atoms with Crippen molar-refractivity contribution >= 4 is 10.8 Å². The maximum atomic E-state index is 11.8. The number of fused-ring (bicyclic) bond motifs is 1.